The quantitative estimate of drug-likeness (QED) is 0.326. The average Bonchev–Trinajstić information content (AvgIpc) is 3.30. The second kappa shape index (κ2) is 10.3. The maximum atomic E-state index is 13.7. The SMILES string of the molecule is Cc1ccc2nc(N(Cc3ccccn3)C(=O)c3ccc(S(=O)(=O)N4CC(C)CC(C)C4)cc3)sc2c1. The number of carbonyl (C=O) groups is 1. The van der Waals surface area contributed by atoms with Crippen LogP contribution in [-0.2, 0) is 16.6 Å². The van der Waals surface area contributed by atoms with E-state index in [-0.39, 0.29) is 17.3 Å². The van der Waals surface area contributed by atoms with Crippen molar-refractivity contribution in [1.29, 1.82) is 0 Å². The van der Waals surface area contributed by atoms with Crippen molar-refractivity contribution >= 4 is 42.6 Å². The van der Waals surface area contributed by atoms with Gasteiger partial charge in [0.05, 0.1) is 27.4 Å². The van der Waals surface area contributed by atoms with E-state index in [0.29, 0.717) is 35.6 Å². The summed E-state index contributed by atoms with van der Waals surface area (Å²) in [7, 11) is -3.62. The normalized spacial score (nSPS) is 18.7. The van der Waals surface area contributed by atoms with Crippen LogP contribution in [0, 0.1) is 18.8 Å². The van der Waals surface area contributed by atoms with Gasteiger partial charge in [-0.25, -0.2) is 13.4 Å². The number of aryl methyl sites for hydroxylation is 1. The Bertz CT molecular complexity index is 1510. The summed E-state index contributed by atoms with van der Waals surface area (Å²) in [5.74, 6) is 0.375. The molecule has 0 N–H and O–H groups in total. The molecular formula is C28H30N4O3S2. The molecule has 7 nitrogen and oxygen atoms in total. The van der Waals surface area contributed by atoms with Gasteiger partial charge in [-0.15, -0.1) is 0 Å². The lowest BCUT2D eigenvalue weighted by Gasteiger charge is -2.34. The van der Waals surface area contributed by atoms with Crippen LogP contribution in [0.25, 0.3) is 10.2 Å². The van der Waals surface area contributed by atoms with Crippen LogP contribution in [0.5, 0.6) is 0 Å². The highest BCUT2D eigenvalue weighted by molar-refractivity contribution is 7.89. The van der Waals surface area contributed by atoms with Crippen molar-refractivity contribution in [1.82, 2.24) is 14.3 Å². The summed E-state index contributed by atoms with van der Waals surface area (Å²) in [6.45, 7) is 7.47. The molecule has 0 aliphatic carbocycles. The third-order valence-electron chi connectivity index (χ3n) is 6.63. The summed E-state index contributed by atoms with van der Waals surface area (Å²) in [4.78, 5) is 24.7. The van der Waals surface area contributed by atoms with Crippen LogP contribution in [0.2, 0.25) is 0 Å². The van der Waals surface area contributed by atoms with Crippen LogP contribution in [0.1, 0.15) is 41.9 Å². The molecule has 0 radical (unpaired) electrons. The fourth-order valence-corrected chi connectivity index (χ4v) is 7.63. The third kappa shape index (κ3) is 5.44. The predicted molar refractivity (Wildman–Crippen MR) is 147 cm³/mol. The number of amides is 1. The number of anilines is 1. The summed E-state index contributed by atoms with van der Waals surface area (Å²) in [5.41, 5.74) is 3.08. The number of nitrogens with zero attached hydrogens (tertiary/aromatic N) is 4. The van der Waals surface area contributed by atoms with Crippen molar-refractivity contribution in [2.24, 2.45) is 11.8 Å². The molecule has 3 heterocycles. The fraction of sp³-hybridized carbons (Fsp3) is 0.321. The Hall–Kier alpha value is -3.14. The molecule has 2 unspecified atom stereocenters. The Morgan fingerprint density at radius 3 is 2.46 bits per heavy atom. The first kappa shape index (κ1) is 25.5. The minimum atomic E-state index is -3.62. The molecule has 192 valence electrons. The minimum Gasteiger partial charge on any atom is -0.278 e. The standard InChI is InChI=1S/C28H30N4O3S2/c1-19-7-12-25-26(15-19)36-28(30-25)32(18-23-6-4-5-13-29-23)27(33)22-8-10-24(11-9-22)37(34,35)31-16-20(2)14-21(3)17-31/h4-13,15,20-21H,14,16-18H2,1-3H3. The van der Waals surface area contributed by atoms with Gasteiger partial charge in [0.1, 0.15) is 0 Å². The van der Waals surface area contributed by atoms with Crippen molar-refractivity contribution in [3.8, 4) is 0 Å². The molecule has 0 bridgehead atoms. The number of hydrogen-bond acceptors (Lipinski definition) is 6. The molecule has 2 aromatic carbocycles. The van der Waals surface area contributed by atoms with E-state index in [2.05, 4.69) is 24.9 Å². The number of piperidine rings is 1. The van der Waals surface area contributed by atoms with E-state index in [4.69, 9.17) is 4.98 Å². The van der Waals surface area contributed by atoms with Gasteiger partial charge in [0.25, 0.3) is 5.91 Å². The predicted octanol–water partition coefficient (Wildman–Crippen LogP) is 5.51. The maximum Gasteiger partial charge on any atom is 0.260 e. The molecule has 9 heteroatoms. The van der Waals surface area contributed by atoms with Crippen LogP contribution >= 0.6 is 11.3 Å². The summed E-state index contributed by atoms with van der Waals surface area (Å²) in [6.07, 6.45) is 2.72. The minimum absolute atomic E-state index is 0.206. The monoisotopic (exact) mass is 534 g/mol. The summed E-state index contributed by atoms with van der Waals surface area (Å²) in [6, 6.07) is 17.9. The van der Waals surface area contributed by atoms with Crippen molar-refractivity contribution in [2.75, 3.05) is 18.0 Å². The summed E-state index contributed by atoms with van der Waals surface area (Å²) < 4.78 is 29.2. The number of carbonyl (C=O) groups excluding carboxylic acids is 1. The highest BCUT2D eigenvalue weighted by Gasteiger charge is 2.32. The Balaban J connectivity index is 1.45. The Morgan fingerprint density at radius 1 is 1.05 bits per heavy atom. The molecule has 5 rings (SSSR count). The average molecular weight is 535 g/mol. The zero-order chi connectivity index (χ0) is 26.2. The lowest BCUT2D eigenvalue weighted by Crippen LogP contribution is -2.42. The lowest BCUT2D eigenvalue weighted by atomic mass is 9.94. The number of benzene rings is 2. The fourth-order valence-electron chi connectivity index (χ4n) is 4.89. The first-order valence-corrected chi connectivity index (χ1v) is 14.7. The Kier molecular flexibility index (Phi) is 7.11. The molecule has 0 spiro atoms. The van der Waals surface area contributed by atoms with E-state index in [1.54, 1.807) is 27.5 Å². The number of thiazole rings is 1. The van der Waals surface area contributed by atoms with Gasteiger partial charge in [-0.05, 0) is 79.3 Å². The van der Waals surface area contributed by atoms with Crippen molar-refractivity contribution < 1.29 is 13.2 Å². The number of rotatable bonds is 6. The molecule has 0 saturated carbocycles. The van der Waals surface area contributed by atoms with E-state index >= 15 is 0 Å². The molecule has 1 aliphatic rings. The largest absolute Gasteiger partial charge is 0.278 e. The summed E-state index contributed by atoms with van der Waals surface area (Å²) >= 11 is 1.45. The highest BCUT2D eigenvalue weighted by atomic mass is 32.2. The molecular weight excluding hydrogens is 504 g/mol. The number of pyridine rings is 1. The second-order valence-electron chi connectivity index (χ2n) is 9.97. The van der Waals surface area contributed by atoms with E-state index in [0.717, 1.165) is 27.9 Å². The van der Waals surface area contributed by atoms with Gasteiger partial charge in [0.15, 0.2) is 5.13 Å². The smallest absolute Gasteiger partial charge is 0.260 e. The molecule has 1 saturated heterocycles. The van der Waals surface area contributed by atoms with Gasteiger partial charge in [-0.2, -0.15) is 4.31 Å². The molecule has 2 aromatic heterocycles. The Morgan fingerprint density at radius 2 is 1.78 bits per heavy atom. The molecule has 4 aromatic rings. The van der Waals surface area contributed by atoms with Crippen molar-refractivity contribution in [3.63, 3.8) is 0 Å². The van der Waals surface area contributed by atoms with Crippen LogP contribution < -0.4 is 4.90 Å². The van der Waals surface area contributed by atoms with Crippen molar-refractivity contribution in [2.45, 2.75) is 38.6 Å². The lowest BCUT2D eigenvalue weighted by molar-refractivity contribution is 0.0984. The third-order valence-corrected chi connectivity index (χ3v) is 9.52. The van der Waals surface area contributed by atoms with Crippen LogP contribution in [0.4, 0.5) is 5.13 Å². The zero-order valence-corrected chi connectivity index (χ0v) is 22.8. The molecule has 1 amide bonds. The van der Waals surface area contributed by atoms with Gasteiger partial charge >= 0.3 is 0 Å². The van der Waals surface area contributed by atoms with Gasteiger partial charge in [0.2, 0.25) is 10.0 Å². The van der Waals surface area contributed by atoms with Crippen LogP contribution in [0.15, 0.2) is 71.8 Å². The van der Waals surface area contributed by atoms with Crippen molar-refractivity contribution in [3.05, 3.63) is 83.7 Å². The molecule has 37 heavy (non-hydrogen) atoms. The van der Waals surface area contributed by atoms with E-state index < -0.39 is 10.0 Å². The zero-order valence-electron chi connectivity index (χ0n) is 21.2. The topological polar surface area (TPSA) is 83.5 Å². The van der Waals surface area contributed by atoms with Gasteiger partial charge in [0, 0.05) is 24.8 Å². The first-order valence-electron chi connectivity index (χ1n) is 12.4. The van der Waals surface area contributed by atoms with Crippen LogP contribution in [0.3, 0.4) is 0 Å². The molecule has 2 atom stereocenters. The molecule has 1 fully saturated rings. The highest BCUT2D eigenvalue weighted by Crippen LogP contribution is 2.32. The maximum absolute atomic E-state index is 13.7. The molecule has 1 aliphatic heterocycles. The number of fused-ring (bicyclic) bond motifs is 1. The van der Waals surface area contributed by atoms with Gasteiger partial charge in [-0.1, -0.05) is 37.3 Å². The number of hydrogen-bond donors (Lipinski definition) is 0. The van der Waals surface area contributed by atoms with E-state index in [1.807, 2.05) is 37.3 Å². The van der Waals surface area contributed by atoms with Gasteiger partial charge in [-0.3, -0.25) is 14.7 Å². The van der Waals surface area contributed by atoms with E-state index in [1.165, 1.54) is 23.5 Å². The number of sulfonamides is 1. The number of aromatic nitrogens is 2. The second-order valence-corrected chi connectivity index (χ2v) is 12.9. The van der Waals surface area contributed by atoms with E-state index in [9.17, 15) is 13.2 Å². The Labute approximate surface area is 221 Å². The van der Waals surface area contributed by atoms with Gasteiger partial charge < -0.3 is 0 Å². The first-order chi connectivity index (χ1) is 17.7. The van der Waals surface area contributed by atoms with Crippen LogP contribution in [-0.4, -0.2) is 41.7 Å². The summed E-state index contributed by atoms with van der Waals surface area (Å²) in [5, 5.41) is 0.573.